The first kappa shape index (κ1) is 17.7. The first-order valence-corrected chi connectivity index (χ1v) is 10.5. The maximum Gasteiger partial charge on any atom is 0.233 e. The molecule has 1 aromatic carbocycles. The first-order chi connectivity index (χ1) is 12.7. The number of carbonyl (C=O) groups excluding carboxylic acids is 1. The third-order valence-electron chi connectivity index (χ3n) is 4.88. The molecule has 0 aliphatic carbocycles. The number of hydrogen-bond acceptors (Lipinski definition) is 5. The number of halogens is 1. The van der Waals surface area contributed by atoms with E-state index in [1.54, 1.807) is 0 Å². The molecule has 138 valence electrons. The summed E-state index contributed by atoms with van der Waals surface area (Å²) in [5.74, 6) is 1.36. The molecular formula is C18H22ClN5OS. The second-order valence-electron chi connectivity index (χ2n) is 6.64. The molecular weight excluding hydrogens is 370 g/mol. The minimum absolute atomic E-state index is 0.170. The van der Waals surface area contributed by atoms with E-state index in [4.69, 9.17) is 11.6 Å². The average Bonchev–Trinajstić information content (AvgIpc) is 3.40. The molecule has 1 aromatic heterocycles. The highest BCUT2D eigenvalue weighted by atomic mass is 35.5. The predicted octanol–water partition coefficient (Wildman–Crippen LogP) is 3.24. The van der Waals surface area contributed by atoms with Gasteiger partial charge in [0.1, 0.15) is 0 Å². The Bertz CT molecular complexity index is 784. The Balaban J connectivity index is 1.61. The van der Waals surface area contributed by atoms with Crippen LogP contribution in [0.15, 0.2) is 29.4 Å². The van der Waals surface area contributed by atoms with Crippen molar-refractivity contribution in [3.8, 4) is 5.69 Å². The van der Waals surface area contributed by atoms with Crippen molar-refractivity contribution in [2.24, 2.45) is 0 Å². The molecule has 26 heavy (non-hydrogen) atoms. The van der Waals surface area contributed by atoms with Crippen LogP contribution in [0.4, 0.5) is 5.95 Å². The summed E-state index contributed by atoms with van der Waals surface area (Å²) in [6.07, 6.45) is 4.52. The van der Waals surface area contributed by atoms with Gasteiger partial charge in [-0.05, 0) is 37.8 Å². The summed E-state index contributed by atoms with van der Waals surface area (Å²) in [5, 5.41) is 10.2. The van der Waals surface area contributed by atoms with Crippen LogP contribution < -0.4 is 4.90 Å². The number of para-hydroxylation sites is 1. The van der Waals surface area contributed by atoms with Crippen molar-refractivity contribution < 1.29 is 4.79 Å². The van der Waals surface area contributed by atoms with E-state index in [1.807, 2.05) is 33.7 Å². The SMILES string of the molecule is O=C(CSc1nnc(N2CCCC2)n1-c1ccccc1Cl)N1CCCC1. The summed E-state index contributed by atoms with van der Waals surface area (Å²) < 4.78 is 2.00. The van der Waals surface area contributed by atoms with Crippen LogP contribution in [-0.4, -0.2) is 57.5 Å². The molecule has 0 N–H and O–H groups in total. The second kappa shape index (κ2) is 7.88. The molecule has 8 heteroatoms. The molecule has 0 spiro atoms. The Morgan fingerprint density at radius 3 is 2.46 bits per heavy atom. The fraction of sp³-hybridized carbons (Fsp3) is 0.500. The largest absolute Gasteiger partial charge is 0.342 e. The Hall–Kier alpha value is -1.73. The van der Waals surface area contributed by atoms with Crippen molar-refractivity contribution >= 4 is 35.2 Å². The molecule has 1 amide bonds. The molecule has 2 aromatic rings. The van der Waals surface area contributed by atoms with Gasteiger partial charge in [0.25, 0.3) is 0 Å². The van der Waals surface area contributed by atoms with E-state index in [9.17, 15) is 4.79 Å². The van der Waals surface area contributed by atoms with Gasteiger partial charge in [0, 0.05) is 26.2 Å². The van der Waals surface area contributed by atoms with Gasteiger partial charge in [-0.15, -0.1) is 10.2 Å². The Morgan fingerprint density at radius 1 is 1.04 bits per heavy atom. The maximum atomic E-state index is 12.4. The average molecular weight is 392 g/mol. The van der Waals surface area contributed by atoms with E-state index < -0.39 is 0 Å². The quantitative estimate of drug-likeness (QED) is 0.732. The molecule has 2 aliphatic heterocycles. The maximum absolute atomic E-state index is 12.4. The zero-order chi connectivity index (χ0) is 17.9. The van der Waals surface area contributed by atoms with Gasteiger partial charge in [-0.1, -0.05) is 35.5 Å². The highest BCUT2D eigenvalue weighted by Gasteiger charge is 2.25. The standard InChI is InChI=1S/C18H22ClN5OS/c19-14-7-1-2-8-15(14)24-17(23-11-5-6-12-23)20-21-18(24)26-13-16(25)22-9-3-4-10-22/h1-2,7-8H,3-6,9-13H2. The molecule has 2 saturated heterocycles. The number of thioether (sulfide) groups is 1. The Kier molecular flexibility index (Phi) is 5.36. The summed E-state index contributed by atoms with van der Waals surface area (Å²) in [6, 6.07) is 7.71. The number of carbonyl (C=O) groups is 1. The molecule has 4 rings (SSSR count). The Morgan fingerprint density at radius 2 is 1.73 bits per heavy atom. The summed E-state index contributed by atoms with van der Waals surface area (Å²) in [7, 11) is 0. The number of anilines is 1. The zero-order valence-electron chi connectivity index (χ0n) is 14.6. The Labute approximate surface area is 162 Å². The molecule has 2 aliphatic rings. The lowest BCUT2D eigenvalue weighted by Gasteiger charge is -2.19. The lowest BCUT2D eigenvalue weighted by atomic mass is 10.3. The van der Waals surface area contributed by atoms with Crippen LogP contribution in [0.5, 0.6) is 0 Å². The van der Waals surface area contributed by atoms with Gasteiger partial charge in [0.15, 0.2) is 5.16 Å². The lowest BCUT2D eigenvalue weighted by molar-refractivity contribution is -0.127. The third-order valence-corrected chi connectivity index (χ3v) is 6.12. The molecule has 0 atom stereocenters. The van der Waals surface area contributed by atoms with Crippen LogP contribution >= 0.6 is 23.4 Å². The fourth-order valence-corrected chi connectivity index (χ4v) is 4.57. The molecule has 0 radical (unpaired) electrons. The smallest absolute Gasteiger partial charge is 0.233 e. The van der Waals surface area contributed by atoms with Crippen molar-refractivity contribution in [2.75, 3.05) is 36.8 Å². The first-order valence-electron chi connectivity index (χ1n) is 9.10. The van der Waals surface area contributed by atoms with Crippen molar-refractivity contribution in [1.29, 1.82) is 0 Å². The van der Waals surface area contributed by atoms with Crippen LogP contribution in [0.25, 0.3) is 5.69 Å². The summed E-state index contributed by atoms with van der Waals surface area (Å²) in [4.78, 5) is 16.6. The van der Waals surface area contributed by atoms with E-state index >= 15 is 0 Å². The van der Waals surface area contributed by atoms with E-state index in [0.29, 0.717) is 15.9 Å². The fourth-order valence-electron chi connectivity index (χ4n) is 3.51. The van der Waals surface area contributed by atoms with Crippen LogP contribution in [0.2, 0.25) is 5.02 Å². The van der Waals surface area contributed by atoms with Gasteiger partial charge in [0.2, 0.25) is 11.9 Å². The van der Waals surface area contributed by atoms with Crippen molar-refractivity contribution in [1.82, 2.24) is 19.7 Å². The predicted molar refractivity (Wildman–Crippen MR) is 104 cm³/mol. The van der Waals surface area contributed by atoms with Gasteiger partial charge in [-0.3, -0.25) is 9.36 Å². The third kappa shape index (κ3) is 3.55. The summed E-state index contributed by atoms with van der Waals surface area (Å²) in [5.41, 5.74) is 0.859. The number of likely N-dealkylation sites (tertiary alicyclic amines) is 1. The number of aromatic nitrogens is 3. The normalized spacial score (nSPS) is 17.3. The van der Waals surface area contributed by atoms with Gasteiger partial charge in [-0.2, -0.15) is 0 Å². The van der Waals surface area contributed by atoms with Crippen LogP contribution in [0.3, 0.4) is 0 Å². The second-order valence-corrected chi connectivity index (χ2v) is 7.99. The number of hydrogen-bond donors (Lipinski definition) is 0. The number of nitrogens with zero attached hydrogens (tertiary/aromatic N) is 5. The molecule has 0 saturated carbocycles. The highest BCUT2D eigenvalue weighted by molar-refractivity contribution is 7.99. The van der Waals surface area contributed by atoms with E-state index in [1.165, 1.54) is 11.8 Å². The van der Waals surface area contributed by atoms with Gasteiger partial charge >= 0.3 is 0 Å². The molecule has 0 unspecified atom stereocenters. The van der Waals surface area contributed by atoms with Crippen LogP contribution in [0, 0.1) is 0 Å². The minimum atomic E-state index is 0.170. The van der Waals surface area contributed by atoms with Crippen LogP contribution in [-0.2, 0) is 4.79 Å². The summed E-state index contributed by atoms with van der Waals surface area (Å²) >= 11 is 7.89. The van der Waals surface area contributed by atoms with Gasteiger partial charge in [0.05, 0.1) is 16.5 Å². The van der Waals surface area contributed by atoms with E-state index in [0.717, 1.165) is 63.5 Å². The number of benzene rings is 1. The zero-order valence-corrected chi connectivity index (χ0v) is 16.2. The molecule has 3 heterocycles. The molecule has 0 bridgehead atoms. The minimum Gasteiger partial charge on any atom is -0.342 e. The van der Waals surface area contributed by atoms with E-state index in [2.05, 4.69) is 15.1 Å². The van der Waals surface area contributed by atoms with Gasteiger partial charge in [-0.25, -0.2) is 0 Å². The number of amides is 1. The highest BCUT2D eigenvalue weighted by Crippen LogP contribution is 2.32. The van der Waals surface area contributed by atoms with Crippen LogP contribution in [0.1, 0.15) is 25.7 Å². The topological polar surface area (TPSA) is 54.3 Å². The summed E-state index contributed by atoms with van der Waals surface area (Å²) in [6.45, 7) is 3.69. The number of rotatable bonds is 5. The van der Waals surface area contributed by atoms with Gasteiger partial charge < -0.3 is 9.80 Å². The van der Waals surface area contributed by atoms with Crippen molar-refractivity contribution in [3.05, 3.63) is 29.3 Å². The molecule has 2 fully saturated rings. The van der Waals surface area contributed by atoms with Crippen molar-refractivity contribution in [3.63, 3.8) is 0 Å². The molecule has 6 nitrogen and oxygen atoms in total. The monoisotopic (exact) mass is 391 g/mol. The lowest BCUT2D eigenvalue weighted by Crippen LogP contribution is -2.29. The van der Waals surface area contributed by atoms with Crippen molar-refractivity contribution in [2.45, 2.75) is 30.8 Å². The van der Waals surface area contributed by atoms with E-state index in [-0.39, 0.29) is 5.91 Å².